The summed E-state index contributed by atoms with van der Waals surface area (Å²) in [6, 6.07) is 4.40. The second kappa shape index (κ2) is 5.27. The molecule has 0 saturated carbocycles. The van der Waals surface area contributed by atoms with Crippen molar-refractivity contribution in [2.45, 2.75) is 13.8 Å². The molecule has 0 bridgehead atoms. The van der Waals surface area contributed by atoms with Gasteiger partial charge >= 0.3 is 0 Å². The molecule has 1 aromatic carbocycles. The van der Waals surface area contributed by atoms with E-state index in [0.29, 0.717) is 5.75 Å². The van der Waals surface area contributed by atoms with Crippen molar-refractivity contribution in [1.82, 2.24) is 0 Å². The van der Waals surface area contributed by atoms with Crippen LogP contribution in [-0.4, -0.2) is 26.4 Å². The summed E-state index contributed by atoms with van der Waals surface area (Å²) in [5, 5.41) is 9.61. The SMILES string of the molecule is COc1ccc(NS(=O)(=O)CC(C)C)c(O)c1. The minimum Gasteiger partial charge on any atom is -0.506 e. The first kappa shape index (κ1) is 13.6. The Kier molecular flexibility index (Phi) is 4.22. The van der Waals surface area contributed by atoms with Crippen LogP contribution in [0.3, 0.4) is 0 Å². The molecular formula is C11H17NO4S. The third kappa shape index (κ3) is 4.14. The van der Waals surface area contributed by atoms with Gasteiger partial charge in [-0.25, -0.2) is 8.42 Å². The van der Waals surface area contributed by atoms with Gasteiger partial charge < -0.3 is 9.84 Å². The lowest BCUT2D eigenvalue weighted by atomic mass is 10.3. The second-order valence-electron chi connectivity index (χ2n) is 4.16. The molecular weight excluding hydrogens is 242 g/mol. The van der Waals surface area contributed by atoms with Gasteiger partial charge in [0.1, 0.15) is 11.5 Å². The van der Waals surface area contributed by atoms with Gasteiger partial charge in [-0.15, -0.1) is 0 Å². The Balaban J connectivity index is 2.89. The second-order valence-corrected chi connectivity index (χ2v) is 5.93. The predicted octanol–water partition coefficient (Wildman–Crippen LogP) is 1.80. The monoisotopic (exact) mass is 259 g/mol. The molecule has 0 heterocycles. The standard InChI is InChI=1S/C11H17NO4S/c1-8(2)7-17(14,15)12-10-5-4-9(16-3)6-11(10)13/h4-6,8,12-13H,7H2,1-3H3. The zero-order chi connectivity index (χ0) is 13.1. The Morgan fingerprint density at radius 1 is 1.41 bits per heavy atom. The molecule has 0 amide bonds. The van der Waals surface area contributed by atoms with Crippen LogP contribution in [0.4, 0.5) is 5.69 Å². The molecule has 1 aromatic rings. The minimum atomic E-state index is -3.43. The van der Waals surface area contributed by atoms with E-state index in [4.69, 9.17) is 4.74 Å². The number of rotatable bonds is 5. The van der Waals surface area contributed by atoms with Gasteiger partial charge in [-0.1, -0.05) is 13.8 Å². The van der Waals surface area contributed by atoms with Crippen molar-refractivity contribution in [3.63, 3.8) is 0 Å². The van der Waals surface area contributed by atoms with Crippen molar-refractivity contribution >= 4 is 15.7 Å². The zero-order valence-electron chi connectivity index (χ0n) is 10.1. The molecule has 0 saturated heterocycles. The van der Waals surface area contributed by atoms with E-state index >= 15 is 0 Å². The van der Waals surface area contributed by atoms with Crippen LogP contribution in [0.1, 0.15) is 13.8 Å². The fourth-order valence-electron chi connectivity index (χ4n) is 1.37. The summed E-state index contributed by atoms with van der Waals surface area (Å²) in [5.74, 6) is 0.345. The van der Waals surface area contributed by atoms with Crippen LogP contribution in [0.15, 0.2) is 18.2 Å². The maximum atomic E-state index is 11.7. The van der Waals surface area contributed by atoms with Gasteiger partial charge in [-0.3, -0.25) is 4.72 Å². The van der Waals surface area contributed by atoms with E-state index in [1.807, 2.05) is 13.8 Å². The lowest BCUT2D eigenvalue weighted by molar-refractivity contribution is 0.408. The molecule has 2 N–H and O–H groups in total. The summed E-state index contributed by atoms with van der Waals surface area (Å²) in [6.45, 7) is 3.63. The number of ether oxygens (including phenoxy) is 1. The van der Waals surface area contributed by atoms with E-state index in [9.17, 15) is 13.5 Å². The Labute approximate surface area is 101 Å². The number of aromatic hydroxyl groups is 1. The van der Waals surface area contributed by atoms with Crippen molar-refractivity contribution < 1.29 is 18.3 Å². The number of phenolic OH excluding ortho intramolecular Hbond substituents is 1. The lowest BCUT2D eigenvalue weighted by Crippen LogP contribution is -2.20. The molecule has 17 heavy (non-hydrogen) atoms. The quantitative estimate of drug-likeness (QED) is 0.791. The maximum absolute atomic E-state index is 11.7. The van der Waals surface area contributed by atoms with Crippen LogP contribution in [0.25, 0.3) is 0 Å². The van der Waals surface area contributed by atoms with Crippen LogP contribution in [0.2, 0.25) is 0 Å². The molecule has 1 rings (SSSR count). The maximum Gasteiger partial charge on any atom is 0.233 e. The summed E-state index contributed by atoms with van der Waals surface area (Å²) in [5.41, 5.74) is 0.159. The molecule has 0 radical (unpaired) electrons. The number of methoxy groups -OCH3 is 1. The molecule has 6 heteroatoms. The highest BCUT2D eigenvalue weighted by Crippen LogP contribution is 2.28. The average Bonchev–Trinajstić information content (AvgIpc) is 2.18. The molecule has 0 aliphatic heterocycles. The van der Waals surface area contributed by atoms with Gasteiger partial charge in [0, 0.05) is 6.07 Å². The smallest absolute Gasteiger partial charge is 0.233 e. The first-order valence-corrected chi connectivity index (χ1v) is 6.87. The third-order valence-electron chi connectivity index (χ3n) is 2.02. The molecule has 0 unspecified atom stereocenters. The van der Waals surface area contributed by atoms with E-state index in [1.165, 1.54) is 19.2 Å². The largest absolute Gasteiger partial charge is 0.506 e. The van der Waals surface area contributed by atoms with Crippen molar-refractivity contribution in [2.24, 2.45) is 5.92 Å². The van der Waals surface area contributed by atoms with Crippen molar-refractivity contribution in [3.8, 4) is 11.5 Å². The van der Waals surface area contributed by atoms with Crippen LogP contribution in [-0.2, 0) is 10.0 Å². The summed E-state index contributed by atoms with van der Waals surface area (Å²) >= 11 is 0. The number of phenols is 1. The third-order valence-corrected chi connectivity index (χ3v) is 3.66. The van der Waals surface area contributed by atoms with Gasteiger partial charge in [0.25, 0.3) is 0 Å². The topological polar surface area (TPSA) is 75.6 Å². The highest BCUT2D eigenvalue weighted by molar-refractivity contribution is 7.92. The molecule has 5 nitrogen and oxygen atoms in total. The fourth-order valence-corrected chi connectivity index (χ4v) is 2.84. The zero-order valence-corrected chi connectivity index (χ0v) is 10.9. The highest BCUT2D eigenvalue weighted by atomic mass is 32.2. The van der Waals surface area contributed by atoms with E-state index < -0.39 is 10.0 Å². The summed E-state index contributed by atoms with van der Waals surface area (Å²) in [7, 11) is -1.96. The normalized spacial score (nSPS) is 11.5. The van der Waals surface area contributed by atoms with Crippen molar-refractivity contribution in [3.05, 3.63) is 18.2 Å². The Morgan fingerprint density at radius 2 is 2.06 bits per heavy atom. The van der Waals surface area contributed by atoms with Gasteiger partial charge in [-0.2, -0.15) is 0 Å². The molecule has 0 aliphatic rings. The first-order valence-electron chi connectivity index (χ1n) is 5.21. The van der Waals surface area contributed by atoms with E-state index in [0.717, 1.165) is 0 Å². The van der Waals surface area contributed by atoms with Gasteiger partial charge in [0.2, 0.25) is 10.0 Å². The molecule has 0 aliphatic carbocycles. The van der Waals surface area contributed by atoms with E-state index in [-0.39, 0.29) is 23.1 Å². The van der Waals surface area contributed by atoms with E-state index in [1.54, 1.807) is 6.07 Å². The summed E-state index contributed by atoms with van der Waals surface area (Å²) in [4.78, 5) is 0. The van der Waals surface area contributed by atoms with Crippen LogP contribution in [0.5, 0.6) is 11.5 Å². The van der Waals surface area contributed by atoms with Crippen molar-refractivity contribution in [1.29, 1.82) is 0 Å². The number of hydrogen-bond acceptors (Lipinski definition) is 4. The number of sulfonamides is 1. The number of nitrogens with one attached hydrogen (secondary N) is 1. The highest BCUT2D eigenvalue weighted by Gasteiger charge is 2.15. The number of hydrogen-bond donors (Lipinski definition) is 2. The van der Waals surface area contributed by atoms with Gasteiger partial charge in [-0.05, 0) is 18.1 Å². The van der Waals surface area contributed by atoms with Crippen LogP contribution in [0, 0.1) is 5.92 Å². The average molecular weight is 259 g/mol. The minimum absolute atomic E-state index is 0.0124. The predicted molar refractivity (Wildman–Crippen MR) is 66.9 cm³/mol. The molecule has 96 valence electrons. The summed E-state index contributed by atoms with van der Waals surface area (Å²) in [6.07, 6.45) is 0. The summed E-state index contributed by atoms with van der Waals surface area (Å²) < 4.78 is 30.6. The Morgan fingerprint density at radius 3 is 2.53 bits per heavy atom. The molecule has 0 aromatic heterocycles. The fraction of sp³-hybridized carbons (Fsp3) is 0.455. The molecule has 0 fully saturated rings. The van der Waals surface area contributed by atoms with Gasteiger partial charge in [0.05, 0.1) is 18.6 Å². The van der Waals surface area contributed by atoms with Crippen molar-refractivity contribution in [2.75, 3.05) is 17.6 Å². The Hall–Kier alpha value is -1.43. The first-order chi connectivity index (χ1) is 7.84. The lowest BCUT2D eigenvalue weighted by Gasteiger charge is -2.11. The molecule has 0 atom stereocenters. The Bertz CT molecular complexity index is 482. The van der Waals surface area contributed by atoms with E-state index in [2.05, 4.69) is 4.72 Å². The van der Waals surface area contributed by atoms with Crippen LogP contribution < -0.4 is 9.46 Å². The number of benzene rings is 1. The van der Waals surface area contributed by atoms with Crippen LogP contribution >= 0.6 is 0 Å². The number of anilines is 1. The van der Waals surface area contributed by atoms with Gasteiger partial charge in [0.15, 0.2) is 0 Å². The molecule has 0 spiro atoms.